The summed E-state index contributed by atoms with van der Waals surface area (Å²) in [5, 5.41) is 0. The fraction of sp³-hybridized carbons (Fsp3) is 0.750. The minimum Gasteiger partial charge on any atom is -0.462 e. The molecule has 0 spiro atoms. The molecule has 0 aromatic heterocycles. The van der Waals surface area contributed by atoms with Crippen LogP contribution in [-0.4, -0.2) is 37.2 Å². The average Bonchev–Trinajstić information content (AvgIpc) is 3.31. The number of allylic oxidation sites excluding steroid dienone is 12. The van der Waals surface area contributed by atoms with Crippen molar-refractivity contribution < 1.29 is 28.6 Å². The average molecular weight is 921 g/mol. The summed E-state index contributed by atoms with van der Waals surface area (Å²) in [7, 11) is 0. The molecule has 1 unspecified atom stereocenters. The first-order valence-corrected chi connectivity index (χ1v) is 27.9. The predicted molar refractivity (Wildman–Crippen MR) is 284 cm³/mol. The second-order valence-electron chi connectivity index (χ2n) is 18.5. The number of carbonyl (C=O) groups excluding carboxylic acids is 3. The molecule has 0 saturated carbocycles. The van der Waals surface area contributed by atoms with Gasteiger partial charge in [0.1, 0.15) is 13.2 Å². The lowest BCUT2D eigenvalue weighted by Crippen LogP contribution is -2.30. The SMILES string of the molecule is CC/C=C\C/C=C\C/C=C\C/C=C\C/C=C\CCCC(=O)OCC(COC(=O)CCCCCCCCCCCCCCCCC)OC(=O)CCCCCCC/C=C\CCCCCCCCC. The van der Waals surface area contributed by atoms with Crippen molar-refractivity contribution in [2.45, 2.75) is 277 Å². The molecule has 6 nitrogen and oxygen atoms in total. The van der Waals surface area contributed by atoms with Crippen molar-refractivity contribution in [3.05, 3.63) is 72.9 Å². The van der Waals surface area contributed by atoms with E-state index in [4.69, 9.17) is 14.2 Å². The maximum Gasteiger partial charge on any atom is 0.306 e. The van der Waals surface area contributed by atoms with Gasteiger partial charge in [0, 0.05) is 19.3 Å². The van der Waals surface area contributed by atoms with Gasteiger partial charge in [0.15, 0.2) is 6.10 Å². The Balaban J connectivity index is 4.47. The summed E-state index contributed by atoms with van der Waals surface area (Å²) in [6.07, 6.45) is 68.9. The highest BCUT2D eigenvalue weighted by atomic mass is 16.6. The van der Waals surface area contributed by atoms with Crippen molar-refractivity contribution >= 4 is 17.9 Å². The van der Waals surface area contributed by atoms with Gasteiger partial charge in [-0.05, 0) is 83.5 Å². The smallest absolute Gasteiger partial charge is 0.306 e. The maximum absolute atomic E-state index is 12.8. The summed E-state index contributed by atoms with van der Waals surface area (Å²) in [4.78, 5) is 38.1. The summed E-state index contributed by atoms with van der Waals surface area (Å²) in [6.45, 7) is 6.49. The molecule has 0 aliphatic carbocycles. The number of ether oxygens (including phenoxy) is 3. The number of unbranched alkanes of at least 4 members (excludes halogenated alkanes) is 27. The van der Waals surface area contributed by atoms with E-state index in [1.54, 1.807) is 0 Å². The molecule has 0 heterocycles. The minimum atomic E-state index is -0.801. The second-order valence-corrected chi connectivity index (χ2v) is 18.5. The van der Waals surface area contributed by atoms with Gasteiger partial charge < -0.3 is 14.2 Å². The van der Waals surface area contributed by atoms with Gasteiger partial charge in [-0.2, -0.15) is 0 Å². The molecule has 0 saturated heterocycles. The maximum atomic E-state index is 12.8. The van der Waals surface area contributed by atoms with Crippen molar-refractivity contribution in [1.82, 2.24) is 0 Å². The lowest BCUT2D eigenvalue weighted by atomic mass is 10.0. The van der Waals surface area contributed by atoms with Crippen molar-refractivity contribution in [3.8, 4) is 0 Å². The first-order chi connectivity index (χ1) is 32.5. The van der Waals surface area contributed by atoms with Crippen molar-refractivity contribution in [1.29, 1.82) is 0 Å². The molecular weight excluding hydrogens is 817 g/mol. The van der Waals surface area contributed by atoms with E-state index in [1.165, 1.54) is 135 Å². The number of esters is 3. The van der Waals surface area contributed by atoms with Gasteiger partial charge in [-0.3, -0.25) is 14.4 Å². The number of carbonyl (C=O) groups is 3. The molecule has 0 radical (unpaired) electrons. The normalized spacial score (nSPS) is 12.6. The molecule has 0 N–H and O–H groups in total. The highest BCUT2D eigenvalue weighted by Crippen LogP contribution is 2.15. The van der Waals surface area contributed by atoms with Crippen molar-refractivity contribution in [2.24, 2.45) is 0 Å². The summed E-state index contributed by atoms with van der Waals surface area (Å²) >= 11 is 0. The molecule has 0 amide bonds. The molecule has 0 bridgehead atoms. The quantitative estimate of drug-likeness (QED) is 0.0262. The van der Waals surface area contributed by atoms with Crippen molar-refractivity contribution in [3.63, 3.8) is 0 Å². The molecule has 0 aromatic carbocycles. The zero-order valence-corrected chi connectivity index (χ0v) is 43.4. The highest BCUT2D eigenvalue weighted by molar-refractivity contribution is 5.71. The van der Waals surface area contributed by atoms with Crippen LogP contribution in [0.2, 0.25) is 0 Å². The fourth-order valence-electron chi connectivity index (χ4n) is 7.77. The van der Waals surface area contributed by atoms with Gasteiger partial charge >= 0.3 is 17.9 Å². The third kappa shape index (κ3) is 51.8. The second kappa shape index (κ2) is 54.5. The molecule has 0 fully saturated rings. The molecule has 1 atom stereocenters. The van der Waals surface area contributed by atoms with Crippen LogP contribution in [0.4, 0.5) is 0 Å². The Morgan fingerprint density at radius 3 is 1.00 bits per heavy atom. The van der Waals surface area contributed by atoms with Crippen LogP contribution in [0, 0.1) is 0 Å². The zero-order chi connectivity index (χ0) is 47.9. The predicted octanol–water partition coefficient (Wildman–Crippen LogP) is 18.6. The van der Waals surface area contributed by atoms with E-state index in [2.05, 4.69) is 93.7 Å². The first kappa shape index (κ1) is 62.8. The van der Waals surface area contributed by atoms with Gasteiger partial charge in [-0.15, -0.1) is 0 Å². The van der Waals surface area contributed by atoms with E-state index in [0.717, 1.165) is 89.9 Å². The summed E-state index contributed by atoms with van der Waals surface area (Å²) in [5.74, 6) is -0.955. The Morgan fingerprint density at radius 1 is 0.318 bits per heavy atom. The van der Waals surface area contributed by atoms with E-state index >= 15 is 0 Å². The molecular formula is C60H104O6. The Hall–Kier alpha value is -3.15. The summed E-state index contributed by atoms with van der Waals surface area (Å²) < 4.78 is 16.8. The van der Waals surface area contributed by atoms with Crippen LogP contribution in [0.1, 0.15) is 271 Å². The Labute approximate surface area is 408 Å². The molecule has 0 aliphatic heterocycles. The van der Waals surface area contributed by atoms with Crippen LogP contribution in [0.5, 0.6) is 0 Å². The van der Waals surface area contributed by atoms with Gasteiger partial charge in [0.05, 0.1) is 0 Å². The summed E-state index contributed by atoms with van der Waals surface area (Å²) in [5.41, 5.74) is 0. The highest BCUT2D eigenvalue weighted by Gasteiger charge is 2.19. The molecule has 380 valence electrons. The van der Waals surface area contributed by atoms with E-state index < -0.39 is 6.10 Å². The van der Waals surface area contributed by atoms with Gasteiger partial charge in [0.2, 0.25) is 0 Å². The monoisotopic (exact) mass is 921 g/mol. The van der Waals surface area contributed by atoms with E-state index in [-0.39, 0.29) is 37.5 Å². The lowest BCUT2D eigenvalue weighted by Gasteiger charge is -2.18. The third-order valence-corrected chi connectivity index (χ3v) is 11.9. The van der Waals surface area contributed by atoms with E-state index in [9.17, 15) is 14.4 Å². The van der Waals surface area contributed by atoms with Gasteiger partial charge in [0.25, 0.3) is 0 Å². The van der Waals surface area contributed by atoms with Crippen LogP contribution in [-0.2, 0) is 28.6 Å². The van der Waals surface area contributed by atoms with Gasteiger partial charge in [-0.1, -0.05) is 241 Å². The summed E-state index contributed by atoms with van der Waals surface area (Å²) in [6, 6.07) is 0. The Kier molecular flexibility index (Phi) is 51.9. The Morgan fingerprint density at radius 2 is 0.606 bits per heavy atom. The van der Waals surface area contributed by atoms with Crippen LogP contribution in [0.15, 0.2) is 72.9 Å². The largest absolute Gasteiger partial charge is 0.462 e. The zero-order valence-electron chi connectivity index (χ0n) is 43.4. The lowest BCUT2D eigenvalue weighted by molar-refractivity contribution is -0.167. The first-order valence-electron chi connectivity index (χ1n) is 27.9. The van der Waals surface area contributed by atoms with Crippen LogP contribution in [0.3, 0.4) is 0 Å². The molecule has 0 rings (SSSR count). The van der Waals surface area contributed by atoms with Crippen LogP contribution >= 0.6 is 0 Å². The van der Waals surface area contributed by atoms with E-state index in [0.29, 0.717) is 19.3 Å². The molecule has 6 heteroatoms. The van der Waals surface area contributed by atoms with Crippen LogP contribution in [0.25, 0.3) is 0 Å². The minimum absolute atomic E-state index is 0.0941. The van der Waals surface area contributed by atoms with Gasteiger partial charge in [-0.25, -0.2) is 0 Å². The molecule has 0 aromatic rings. The molecule has 0 aliphatic rings. The fourth-order valence-corrected chi connectivity index (χ4v) is 7.77. The number of hydrogen-bond acceptors (Lipinski definition) is 6. The number of hydrogen-bond donors (Lipinski definition) is 0. The Bertz CT molecular complexity index is 1240. The number of rotatable bonds is 50. The van der Waals surface area contributed by atoms with Crippen LogP contribution < -0.4 is 0 Å². The standard InChI is InChI=1S/C60H104O6/c1-4-7-10-13-16-19-22-25-28-30-33-35-38-41-44-47-50-53-59(62)65-56-57(55-64-58(61)52-49-46-43-40-37-34-31-27-24-21-18-15-12-9-6-3)66-60(63)54-51-48-45-42-39-36-32-29-26-23-20-17-14-11-8-5-2/h7,10,16,19,25,28-29,32-33,35,41,44,57H,4-6,8-9,11-15,17-18,20-24,26-27,30-31,34,36-40,42-43,45-56H2,1-3H3/b10-7-,19-16-,28-25-,32-29-,35-33-,44-41-. The molecule has 66 heavy (non-hydrogen) atoms. The van der Waals surface area contributed by atoms with E-state index in [1.807, 2.05) is 0 Å². The third-order valence-electron chi connectivity index (χ3n) is 11.9. The topological polar surface area (TPSA) is 78.9 Å². The van der Waals surface area contributed by atoms with Crippen molar-refractivity contribution in [2.75, 3.05) is 13.2 Å².